The smallest absolute Gasteiger partial charge is 0.138 e. The summed E-state index contributed by atoms with van der Waals surface area (Å²) in [5.74, 6) is 1.52. The number of imidazole rings is 1. The van der Waals surface area contributed by atoms with Crippen molar-refractivity contribution in [2.75, 3.05) is 13.2 Å². The highest BCUT2D eigenvalue weighted by Gasteiger charge is 2.32. The summed E-state index contributed by atoms with van der Waals surface area (Å²) in [6, 6.07) is 10.7. The van der Waals surface area contributed by atoms with Gasteiger partial charge in [0.1, 0.15) is 11.9 Å². The van der Waals surface area contributed by atoms with Crippen LogP contribution in [0.2, 0.25) is 0 Å². The fraction of sp³-hybridized carbons (Fsp3) is 0.429. The van der Waals surface area contributed by atoms with Crippen LogP contribution in [0.3, 0.4) is 0 Å². The van der Waals surface area contributed by atoms with Gasteiger partial charge in [-0.05, 0) is 44.0 Å². The number of benzene rings is 1. The molecule has 5 heteroatoms. The third kappa shape index (κ3) is 3.50. The van der Waals surface area contributed by atoms with Gasteiger partial charge in [-0.3, -0.25) is 4.98 Å². The first-order chi connectivity index (χ1) is 12.7. The zero-order valence-electron chi connectivity index (χ0n) is 15.5. The number of aryl methyl sites for hydroxylation is 2. The molecular weight excluding hydrogens is 324 g/mol. The minimum absolute atomic E-state index is 0.0984. The van der Waals surface area contributed by atoms with Crippen molar-refractivity contribution in [3.8, 4) is 0 Å². The Kier molecular flexibility index (Phi) is 5.00. The van der Waals surface area contributed by atoms with Gasteiger partial charge in [-0.25, -0.2) is 4.98 Å². The predicted octanol–water partition coefficient (Wildman–Crippen LogP) is 3.63. The van der Waals surface area contributed by atoms with E-state index in [0.717, 1.165) is 49.7 Å². The maximum atomic E-state index is 5.99. The van der Waals surface area contributed by atoms with Crippen LogP contribution >= 0.6 is 0 Å². The Balaban J connectivity index is 1.39. The van der Waals surface area contributed by atoms with Crippen molar-refractivity contribution in [1.82, 2.24) is 19.9 Å². The van der Waals surface area contributed by atoms with Gasteiger partial charge in [0.05, 0.1) is 5.52 Å². The first-order valence-electron chi connectivity index (χ1n) is 9.44. The zero-order chi connectivity index (χ0) is 17.9. The molecule has 0 radical (unpaired) electrons. The lowest BCUT2D eigenvalue weighted by molar-refractivity contribution is 0.0804. The van der Waals surface area contributed by atoms with Gasteiger partial charge in [-0.2, -0.15) is 0 Å². The molecule has 0 unspecified atom stereocenters. The van der Waals surface area contributed by atoms with Crippen LogP contribution in [-0.2, 0) is 17.8 Å². The highest BCUT2D eigenvalue weighted by molar-refractivity contribution is 5.79. The minimum Gasteiger partial charge on any atom is -0.370 e. The fourth-order valence-electron chi connectivity index (χ4n) is 3.76. The van der Waals surface area contributed by atoms with Crippen molar-refractivity contribution >= 4 is 10.9 Å². The second-order valence-corrected chi connectivity index (χ2v) is 7.02. The summed E-state index contributed by atoms with van der Waals surface area (Å²) >= 11 is 0. The molecule has 2 aromatic heterocycles. The molecule has 3 aromatic rings. The van der Waals surface area contributed by atoms with Gasteiger partial charge in [-0.15, -0.1) is 0 Å². The average molecular weight is 350 g/mol. The lowest BCUT2D eigenvalue weighted by Crippen LogP contribution is -2.26. The van der Waals surface area contributed by atoms with Gasteiger partial charge >= 0.3 is 0 Å². The van der Waals surface area contributed by atoms with E-state index in [-0.39, 0.29) is 6.10 Å². The van der Waals surface area contributed by atoms with Crippen molar-refractivity contribution in [1.29, 1.82) is 0 Å². The third-order valence-electron chi connectivity index (χ3n) is 5.19. The van der Waals surface area contributed by atoms with E-state index in [1.807, 2.05) is 19.3 Å². The summed E-state index contributed by atoms with van der Waals surface area (Å²) in [4.78, 5) is 9.10. The molecule has 3 heterocycles. The highest BCUT2D eigenvalue weighted by atomic mass is 16.5. The molecule has 26 heavy (non-hydrogen) atoms. The molecule has 1 N–H and O–H groups in total. The number of fused-ring (bicyclic) bond motifs is 1. The van der Waals surface area contributed by atoms with Crippen LogP contribution in [0.1, 0.15) is 36.5 Å². The Bertz CT molecular complexity index is 889. The quantitative estimate of drug-likeness (QED) is 0.738. The molecule has 2 atom stereocenters. The number of nitrogens with one attached hydrogen (secondary N) is 1. The maximum absolute atomic E-state index is 5.99. The summed E-state index contributed by atoms with van der Waals surface area (Å²) in [7, 11) is 0. The summed E-state index contributed by atoms with van der Waals surface area (Å²) in [5.41, 5.74) is 3.40. The van der Waals surface area contributed by atoms with E-state index in [4.69, 9.17) is 4.74 Å². The molecule has 0 aliphatic carbocycles. The normalized spacial score (nSPS) is 20.1. The Morgan fingerprint density at radius 2 is 2.19 bits per heavy atom. The van der Waals surface area contributed by atoms with E-state index in [9.17, 15) is 0 Å². The Labute approximate surface area is 154 Å². The molecule has 1 aromatic carbocycles. The number of nitrogens with zero attached hydrogens (tertiary/aromatic N) is 3. The van der Waals surface area contributed by atoms with Crippen molar-refractivity contribution in [2.24, 2.45) is 5.92 Å². The van der Waals surface area contributed by atoms with E-state index in [1.54, 1.807) is 0 Å². The molecule has 0 spiro atoms. The van der Waals surface area contributed by atoms with Crippen LogP contribution < -0.4 is 5.32 Å². The van der Waals surface area contributed by atoms with Crippen molar-refractivity contribution < 1.29 is 4.74 Å². The Morgan fingerprint density at radius 3 is 3.08 bits per heavy atom. The van der Waals surface area contributed by atoms with Crippen molar-refractivity contribution in [3.05, 3.63) is 59.8 Å². The number of pyridine rings is 1. The largest absolute Gasteiger partial charge is 0.370 e. The van der Waals surface area contributed by atoms with Crippen LogP contribution in [-0.4, -0.2) is 27.7 Å². The second kappa shape index (κ2) is 7.56. The maximum Gasteiger partial charge on any atom is 0.138 e. The van der Waals surface area contributed by atoms with E-state index in [0.29, 0.717) is 5.92 Å². The zero-order valence-corrected chi connectivity index (χ0v) is 15.5. The molecule has 136 valence electrons. The molecule has 0 bridgehead atoms. The molecule has 1 aliphatic heterocycles. The highest BCUT2D eigenvalue weighted by Crippen LogP contribution is 2.33. The van der Waals surface area contributed by atoms with Crippen LogP contribution in [0.4, 0.5) is 0 Å². The number of hydrogen-bond acceptors (Lipinski definition) is 4. The molecule has 0 amide bonds. The summed E-state index contributed by atoms with van der Waals surface area (Å²) in [5, 5.41) is 4.81. The molecule has 4 rings (SSSR count). The van der Waals surface area contributed by atoms with Gasteiger partial charge in [0.15, 0.2) is 0 Å². The van der Waals surface area contributed by atoms with Crippen LogP contribution in [0.5, 0.6) is 0 Å². The standard InChI is InChI=1S/C21H26N4O/c1-3-25-10-9-23-21(25)20-18(8-11-26-20)14-22-13-16-5-7-19-17(12-16)6-4-15(2)24-19/h4-7,9-10,12,18,20,22H,3,8,11,13-14H2,1-2H3/t18-,20+/m0/s1. The van der Waals surface area contributed by atoms with Crippen LogP contribution in [0.15, 0.2) is 42.7 Å². The molecule has 5 nitrogen and oxygen atoms in total. The van der Waals surface area contributed by atoms with Gasteiger partial charge < -0.3 is 14.6 Å². The van der Waals surface area contributed by atoms with Gasteiger partial charge in [-0.1, -0.05) is 12.1 Å². The summed E-state index contributed by atoms with van der Waals surface area (Å²) in [6.07, 6.45) is 5.08. The molecule has 1 aliphatic rings. The summed E-state index contributed by atoms with van der Waals surface area (Å²) in [6.45, 7) is 7.71. The number of hydrogen-bond donors (Lipinski definition) is 1. The van der Waals surface area contributed by atoms with Crippen molar-refractivity contribution in [3.63, 3.8) is 0 Å². The van der Waals surface area contributed by atoms with Crippen LogP contribution in [0, 0.1) is 12.8 Å². The second-order valence-electron chi connectivity index (χ2n) is 7.02. The number of ether oxygens (including phenoxy) is 1. The fourth-order valence-corrected chi connectivity index (χ4v) is 3.76. The molecular formula is C21H26N4O. The number of rotatable bonds is 6. The van der Waals surface area contributed by atoms with Crippen LogP contribution in [0.25, 0.3) is 10.9 Å². The van der Waals surface area contributed by atoms with E-state index < -0.39 is 0 Å². The minimum atomic E-state index is 0.0984. The summed E-state index contributed by atoms with van der Waals surface area (Å²) < 4.78 is 8.17. The predicted molar refractivity (Wildman–Crippen MR) is 103 cm³/mol. The third-order valence-corrected chi connectivity index (χ3v) is 5.19. The Morgan fingerprint density at radius 1 is 1.27 bits per heavy atom. The first-order valence-corrected chi connectivity index (χ1v) is 9.44. The lowest BCUT2D eigenvalue weighted by Gasteiger charge is -2.19. The van der Waals surface area contributed by atoms with E-state index >= 15 is 0 Å². The SMILES string of the molecule is CCn1ccnc1[C@@H]1OCC[C@H]1CNCc1ccc2nc(C)ccc2c1. The molecule has 1 fully saturated rings. The topological polar surface area (TPSA) is 52.0 Å². The molecule has 0 saturated carbocycles. The van der Waals surface area contributed by atoms with E-state index in [1.165, 1.54) is 10.9 Å². The number of aromatic nitrogens is 3. The Hall–Kier alpha value is -2.24. The van der Waals surface area contributed by atoms with Gasteiger partial charge in [0.2, 0.25) is 0 Å². The van der Waals surface area contributed by atoms with Crippen molar-refractivity contribution in [2.45, 2.75) is 39.5 Å². The molecule has 1 saturated heterocycles. The van der Waals surface area contributed by atoms with E-state index in [2.05, 4.69) is 57.1 Å². The monoisotopic (exact) mass is 350 g/mol. The van der Waals surface area contributed by atoms with Gasteiger partial charge in [0, 0.05) is 55.6 Å². The lowest BCUT2D eigenvalue weighted by atomic mass is 10.0. The van der Waals surface area contributed by atoms with Gasteiger partial charge in [0.25, 0.3) is 0 Å². The first kappa shape index (κ1) is 17.2. The average Bonchev–Trinajstić information content (AvgIpc) is 3.30.